The fourth-order valence-corrected chi connectivity index (χ4v) is 3.95. The smallest absolute Gasteiger partial charge is 0.305 e. The molecule has 168 valence electrons. The van der Waals surface area contributed by atoms with Crippen molar-refractivity contribution in [2.75, 3.05) is 12.8 Å². The van der Waals surface area contributed by atoms with Gasteiger partial charge in [-0.05, 0) is 31.8 Å². The molecule has 2 unspecified atom stereocenters. The van der Waals surface area contributed by atoms with E-state index in [0.717, 1.165) is 25.4 Å². The third-order valence-corrected chi connectivity index (χ3v) is 6.03. The maximum atomic E-state index is 11.6. The lowest BCUT2D eigenvalue weighted by Gasteiger charge is -2.18. The number of imidazole rings is 1. The number of esters is 1. The van der Waals surface area contributed by atoms with Gasteiger partial charge < -0.3 is 9.30 Å². The average molecular weight is 425 g/mol. The van der Waals surface area contributed by atoms with Gasteiger partial charge >= 0.3 is 5.97 Å². The molecule has 1 rings (SSSR count). The Morgan fingerprint density at radius 2 is 1.55 bits per heavy atom. The highest BCUT2D eigenvalue weighted by atomic mass is 31.0. The Morgan fingerprint density at radius 3 is 2.14 bits per heavy atom. The van der Waals surface area contributed by atoms with Crippen LogP contribution in [0.4, 0.5) is 0 Å². The molecule has 1 aromatic rings. The summed E-state index contributed by atoms with van der Waals surface area (Å²) in [6.07, 6.45) is 26.4. The van der Waals surface area contributed by atoms with Gasteiger partial charge in [-0.3, -0.25) is 4.79 Å². The number of carbonyl (C=O) groups excluding carboxylic acids is 1. The molecule has 0 aliphatic heterocycles. The summed E-state index contributed by atoms with van der Waals surface area (Å²) in [6, 6.07) is 0.578. The summed E-state index contributed by atoms with van der Waals surface area (Å²) >= 11 is 0. The van der Waals surface area contributed by atoms with Crippen molar-refractivity contribution in [1.29, 1.82) is 0 Å². The van der Waals surface area contributed by atoms with Gasteiger partial charge in [-0.2, -0.15) is 0 Å². The molecule has 0 N–H and O–H groups in total. The van der Waals surface area contributed by atoms with Crippen LogP contribution in [0.1, 0.15) is 116 Å². The SMILES string of the molecule is CCCCCCCCCCC(CCCCCCC(=O)OCCCP)n1ccnc1. The summed E-state index contributed by atoms with van der Waals surface area (Å²) in [5.41, 5.74) is 0. The van der Waals surface area contributed by atoms with Gasteiger partial charge in [-0.25, -0.2) is 4.98 Å². The molecule has 0 radical (unpaired) electrons. The first-order valence-electron chi connectivity index (χ1n) is 12.1. The topological polar surface area (TPSA) is 44.1 Å². The van der Waals surface area contributed by atoms with Gasteiger partial charge in [0.1, 0.15) is 0 Å². The van der Waals surface area contributed by atoms with E-state index in [1.54, 1.807) is 0 Å². The van der Waals surface area contributed by atoms with E-state index in [1.807, 2.05) is 12.5 Å². The van der Waals surface area contributed by atoms with E-state index >= 15 is 0 Å². The Bertz CT molecular complexity index is 479. The molecule has 2 atom stereocenters. The predicted molar refractivity (Wildman–Crippen MR) is 126 cm³/mol. The maximum absolute atomic E-state index is 11.6. The van der Waals surface area contributed by atoms with Crippen LogP contribution in [0.5, 0.6) is 0 Å². The van der Waals surface area contributed by atoms with Gasteiger partial charge in [0.15, 0.2) is 0 Å². The maximum Gasteiger partial charge on any atom is 0.305 e. The van der Waals surface area contributed by atoms with Gasteiger partial charge in [-0.1, -0.05) is 77.6 Å². The van der Waals surface area contributed by atoms with Crippen molar-refractivity contribution in [2.24, 2.45) is 0 Å². The second-order valence-electron chi connectivity index (χ2n) is 8.24. The van der Waals surface area contributed by atoms with Crippen LogP contribution < -0.4 is 0 Å². The first-order valence-corrected chi connectivity index (χ1v) is 12.9. The van der Waals surface area contributed by atoms with Gasteiger partial charge in [0.25, 0.3) is 0 Å². The van der Waals surface area contributed by atoms with E-state index in [1.165, 1.54) is 77.0 Å². The minimum atomic E-state index is -0.0329. The molecule has 4 nitrogen and oxygen atoms in total. The Hall–Kier alpha value is -0.890. The zero-order valence-corrected chi connectivity index (χ0v) is 20.0. The van der Waals surface area contributed by atoms with Crippen LogP contribution in [-0.4, -0.2) is 28.3 Å². The van der Waals surface area contributed by atoms with Crippen molar-refractivity contribution in [3.8, 4) is 0 Å². The summed E-state index contributed by atoms with van der Waals surface area (Å²) < 4.78 is 7.50. The summed E-state index contributed by atoms with van der Waals surface area (Å²) in [6.45, 7) is 2.84. The first-order chi connectivity index (χ1) is 14.3. The van der Waals surface area contributed by atoms with Crippen molar-refractivity contribution in [3.63, 3.8) is 0 Å². The number of ether oxygens (including phenoxy) is 1. The third kappa shape index (κ3) is 14.7. The monoisotopic (exact) mass is 424 g/mol. The van der Waals surface area contributed by atoms with E-state index < -0.39 is 0 Å². The molecule has 0 aliphatic rings. The molecule has 5 heteroatoms. The largest absolute Gasteiger partial charge is 0.466 e. The van der Waals surface area contributed by atoms with Crippen molar-refractivity contribution >= 4 is 15.2 Å². The number of rotatable bonds is 20. The first kappa shape index (κ1) is 26.1. The number of unbranched alkanes of at least 4 members (excludes halogenated alkanes) is 10. The van der Waals surface area contributed by atoms with E-state index in [2.05, 4.69) is 31.9 Å². The molecule has 0 amide bonds. The van der Waals surface area contributed by atoms with Crippen molar-refractivity contribution in [3.05, 3.63) is 18.7 Å². The van der Waals surface area contributed by atoms with Gasteiger partial charge in [0, 0.05) is 24.9 Å². The number of carbonyl (C=O) groups is 1. The average Bonchev–Trinajstić information content (AvgIpc) is 3.25. The second kappa shape index (κ2) is 19.1. The van der Waals surface area contributed by atoms with Crippen LogP contribution in [0.2, 0.25) is 0 Å². The Morgan fingerprint density at radius 1 is 0.931 bits per heavy atom. The van der Waals surface area contributed by atoms with Crippen LogP contribution in [0.3, 0.4) is 0 Å². The molecular weight excluding hydrogens is 379 g/mol. The van der Waals surface area contributed by atoms with Gasteiger partial charge in [0.2, 0.25) is 0 Å². The molecular formula is C24H45N2O2P. The van der Waals surface area contributed by atoms with Crippen LogP contribution in [0.15, 0.2) is 18.7 Å². The quantitative estimate of drug-likeness (QED) is 0.127. The summed E-state index contributed by atoms with van der Waals surface area (Å²) in [4.78, 5) is 15.9. The fourth-order valence-electron chi connectivity index (χ4n) is 3.79. The van der Waals surface area contributed by atoms with E-state index in [9.17, 15) is 4.79 Å². The molecule has 29 heavy (non-hydrogen) atoms. The Balaban J connectivity index is 2.10. The zero-order valence-electron chi connectivity index (χ0n) is 18.8. The lowest BCUT2D eigenvalue weighted by molar-refractivity contribution is -0.143. The van der Waals surface area contributed by atoms with E-state index in [-0.39, 0.29) is 5.97 Å². The number of aromatic nitrogens is 2. The predicted octanol–water partition coefficient (Wildman–Crippen LogP) is 7.10. The van der Waals surface area contributed by atoms with E-state index in [0.29, 0.717) is 19.1 Å². The van der Waals surface area contributed by atoms with Crippen LogP contribution in [0, 0.1) is 0 Å². The lowest BCUT2D eigenvalue weighted by atomic mass is 10.00. The second-order valence-corrected chi connectivity index (χ2v) is 8.82. The standard InChI is InChI=1S/C24H45N2O2P/c1-2-3-4-5-6-7-8-11-15-23(26-19-18-25-22-26)16-12-9-10-13-17-24(27)28-20-14-21-29/h18-19,22-23H,2-17,20-21,29H2,1H3. The van der Waals surface area contributed by atoms with Gasteiger partial charge in [0.05, 0.1) is 12.9 Å². The molecule has 0 aromatic carbocycles. The molecule has 0 fully saturated rings. The highest BCUT2D eigenvalue weighted by Gasteiger charge is 2.10. The third-order valence-electron chi connectivity index (χ3n) is 5.62. The van der Waals surface area contributed by atoms with Crippen LogP contribution in [-0.2, 0) is 9.53 Å². The highest BCUT2D eigenvalue weighted by molar-refractivity contribution is 7.16. The number of hydrogen-bond donors (Lipinski definition) is 0. The summed E-state index contributed by atoms with van der Waals surface area (Å²) in [7, 11) is 2.66. The Labute approximate surface area is 181 Å². The molecule has 1 aromatic heterocycles. The van der Waals surface area contributed by atoms with Crippen LogP contribution in [0.25, 0.3) is 0 Å². The molecule has 1 heterocycles. The normalized spacial score (nSPS) is 12.2. The molecule has 0 bridgehead atoms. The van der Waals surface area contributed by atoms with Crippen LogP contribution >= 0.6 is 9.24 Å². The zero-order chi connectivity index (χ0) is 21.0. The lowest BCUT2D eigenvalue weighted by Crippen LogP contribution is -2.08. The minimum absolute atomic E-state index is 0.0329. The van der Waals surface area contributed by atoms with Gasteiger partial charge in [-0.15, -0.1) is 9.24 Å². The van der Waals surface area contributed by atoms with Crippen molar-refractivity contribution in [2.45, 2.75) is 116 Å². The molecule has 0 aliphatic carbocycles. The molecule has 0 saturated carbocycles. The summed E-state index contributed by atoms with van der Waals surface area (Å²) in [5, 5.41) is 0. The number of hydrogen-bond acceptors (Lipinski definition) is 3. The van der Waals surface area contributed by atoms with Crippen molar-refractivity contribution < 1.29 is 9.53 Å². The summed E-state index contributed by atoms with van der Waals surface area (Å²) in [5.74, 6) is -0.0329. The highest BCUT2D eigenvalue weighted by Crippen LogP contribution is 2.23. The van der Waals surface area contributed by atoms with Crippen molar-refractivity contribution in [1.82, 2.24) is 9.55 Å². The minimum Gasteiger partial charge on any atom is -0.466 e. The Kier molecular flexibility index (Phi) is 17.2. The fraction of sp³-hybridized carbons (Fsp3) is 0.833. The number of nitrogens with zero attached hydrogens (tertiary/aromatic N) is 2. The van der Waals surface area contributed by atoms with E-state index in [4.69, 9.17) is 4.74 Å². The molecule has 0 saturated heterocycles. The molecule has 0 spiro atoms.